The lowest BCUT2D eigenvalue weighted by Crippen LogP contribution is -2.18. The standard InChI is InChI=1S/C10H10F3NO2/c11-10(12,13)6-7-16-9(15)14-8-4-2-1-3-5-8/h1-5H,6-7H2,(H,14,15). The molecular weight excluding hydrogens is 223 g/mol. The van der Waals surface area contributed by atoms with Gasteiger partial charge in [-0.05, 0) is 12.1 Å². The summed E-state index contributed by atoms with van der Waals surface area (Å²) >= 11 is 0. The highest BCUT2D eigenvalue weighted by molar-refractivity contribution is 5.84. The summed E-state index contributed by atoms with van der Waals surface area (Å²) in [5.41, 5.74) is 0.472. The minimum absolute atomic E-state index is 0.472. The third kappa shape index (κ3) is 5.23. The van der Waals surface area contributed by atoms with Gasteiger partial charge in [-0.3, -0.25) is 5.32 Å². The van der Waals surface area contributed by atoms with Crippen LogP contribution in [0.4, 0.5) is 23.7 Å². The molecule has 0 spiro atoms. The molecule has 0 saturated carbocycles. The normalized spacial score (nSPS) is 10.9. The first-order valence-electron chi connectivity index (χ1n) is 4.53. The van der Waals surface area contributed by atoms with Crippen LogP contribution in [0.15, 0.2) is 30.3 Å². The molecule has 88 valence electrons. The molecule has 0 fully saturated rings. The van der Waals surface area contributed by atoms with Crippen molar-refractivity contribution in [2.24, 2.45) is 0 Å². The van der Waals surface area contributed by atoms with Crippen LogP contribution < -0.4 is 5.32 Å². The number of alkyl halides is 3. The lowest BCUT2D eigenvalue weighted by molar-refractivity contribution is -0.140. The smallest absolute Gasteiger partial charge is 0.411 e. The largest absolute Gasteiger partial charge is 0.449 e. The van der Waals surface area contributed by atoms with Gasteiger partial charge in [0.25, 0.3) is 0 Å². The number of benzene rings is 1. The van der Waals surface area contributed by atoms with Crippen molar-refractivity contribution < 1.29 is 22.7 Å². The highest BCUT2D eigenvalue weighted by Gasteiger charge is 2.27. The molecule has 0 aliphatic carbocycles. The van der Waals surface area contributed by atoms with Crippen molar-refractivity contribution in [2.45, 2.75) is 12.6 Å². The predicted octanol–water partition coefficient (Wildman–Crippen LogP) is 3.19. The predicted molar refractivity (Wildman–Crippen MR) is 52.1 cm³/mol. The van der Waals surface area contributed by atoms with E-state index in [1.165, 1.54) is 0 Å². The van der Waals surface area contributed by atoms with E-state index in [4.69, 9.17) is 0 Å². The fourth-order valence-electron chi connectivity index (χ4n) is 0.935. The Morgan fingerprint density at radius 1 is 1.25 bits per heavy atom. The zero-order chi connectivity index (χ0) is 12.0. The molecule has 0 unspecified atom stereocenters. The third-order valence-electron chi connectivity index (χ3n) is 1.64. The van der Waals surface area contributed by atoms with Crippen molar-refractivity contribution >= 4 is 11.8 Å². The van der Waals surface area contributed by atoms with Gasteiger partial charge in [-0.1, -0.05) is 18.2 Å². The van der Waals surface area contributed by atoms with Crippen LogP contribution >= 0.6 is 0 Å². The second-order valence-electron chi connectivity index (χ2n) is 2.99. The SMILES string of the molecule is O=C(Nc1ccccc1)OCCC(F)(F)F. The summed E-state index contributed by atoms with van der Waals surface area (Å²) in [5.74, 6) is 0. The Kier molecular flexibility index (Phi) is 4.16. The van der Waals surface area contributed by atoms with Crippen LogP contribution in [0.25, 0.3) is 0 Å². The van der Waals surface area contributed by atoms with Gasteiger partial charge in [0.1, 0.15) is 6.61 Å². The molecule has 1 aromatic carbocycles. The molecule has 0 atom stereocenters. The van der Waals surface area contributed by atoms with E-state index in [0.717, 1.165) is 0 Å². The zero-order valence-corrected chi connectivity index (χ0v) is 8.25. The number of hydrogen-bond donors (Lipinski definition) is 1. The number of carbonyl (C=O) groups excluding carboxylic acids is 1. The highest BCUT2D eigenvalue weighted by Crippen LogP contribution is 2.19. The molecule has 0 saturated heterocycles. The number of amides is 1. The van der Waals surface area contributed by atoms with Gasteiger partial charge < -0.3 is 4.74 Å². The number of nitrogens with one attached hydrogen (secondary N) is 1. The Bertz CT molecular complexity index is 338. The second-order valence-corrected chi connectivity index (χ2v) is 2.99. The molecule has 0 aromatic heterocycles. The number of hydrogen-bond acceptors (Lipinski definition) is 2. The van der Waals surface area contributed by atoms with Gasteiger partial charge in [-0.25, -0.2) is 4.79 Å². The van der Waals surface area contributed by atoms with Gasteiger partial charge in [0, 0.05) is 5.69 Å². The molecule has 1 amide bonds. The van der Waals surface area contributed by atoms with Crippen LogP contribution in [0.5, 0.6) is 0 Å². The number of anilines is 1. The molecule has 0 aliphatic rings. The molecule has 0 heterocycles. The van der Waals surface area contributed by atoms with E-state index in [0.29, 0.717) is 5.69 Å². The van der Waals surface area contributed by atoms with Crippen molar-refractivity contribution in [1.82, 2.24) is 0 Å². The van der Waals surface area contributed by atoms with Gasteiger partial charge in [0.05, 0.1) is 6.42 Å². The number of rotatable bonds is 3. The van der Waals surface area contributed by atoms with Crippen molar-refractivity contribution in [2.75, 3.05) is 11.9 Å². The molecule has 3 nitrogen and oxygen atoms in total. The molecule has 0 bridgehead atoms. The average molecular weight is 233 g/mol. The Labute approximate surface area is 90.2 Å². The van der Waals surface area contributed by atoms with Crippen molar-refractivity contribution in [1.29, 1.82) is 0 Å². The van der Waals surface area contributed by atoms with Gasteiger partial charge in [0.2, 0.25) is 0 Å². The summed E-state index contributed by atoms with van der Waals surface area (Å²) < 4.78 is 39.5. The van der Waals surface area contributed by atoms with Crippen LogP contribution in [-0.2, 0) is 4.74 Å². The first-order chi connectivity index (χ1) is 7.47. The highest BCUT2D eigenvalue weighted by atomic mass is 19.4. The maximum Gasteiger partial charge on any atom is 0.411 e. The quantitative estimate of drug-likeness (QED) is 0.870. The number of halogens is 3. The lowest BCUT2D eigenvalue weighted by atomic mass is 10.3. The minimum Gasteiger partial charge on any atom is -0.449 e. The first-order valence-corrected chi connectivity index (χ1v) is 4.53. The maximum absolute atomic E-state index is 11.7. The van der Waals surface area contributed by atoms with E-state index in [9.17, 15) is 18.0 Å². The van der Waals surface area contributed by atoms with Gasteiger partial charge >= 0.3 is 12.3 Å². The van der Waals surface area contributed by atoms with E-state index in [1.54, 1.807) is 30.3 Å². The monoisotopic (exact) mass is 233 g/mol. The van der Waals surface area contributed by atoms with Crippen LogP contribution in [0.3, 0.4) is 0 Å². The van der Waals surface area contributed by atoms with E-state index in [-0.39, 0.29) is 0 Å². The summed E-state index contributed by atoms with van der Waals surface area (Å²) in [7, 11) is 0. The number of ether oxygens (including phenoxy) is 1. The van der Waals surface area contributed by atoms with E-state index >= 15 is 0 Å². The fraction of sp³-hybridized carbons (Fsp3) is 0.300. The van der Waals surface area contributed by atoms with E-state index < -0.39 is 25.3 Å². The molecular formula is C10H10F3NO2. The summed E-state index contributed by atoms with van der Waals surface area (Å²) in [6.07, 6.45) is -6.35. The Morgan fingerprint density at radius 2 is 1.88 bits per heavy atom. The fourth-order valence-corrected chi connectivity index (χ4v) is 0.935. The van der Waals surface area contributed by atoms with Gasteiger partial charge in [0.15, 0.2) is 0 Å². The van der Waals surface area contributed by atoms with Crippen molar-refractivity contribution in [3.8, 4) is 0 Å². The van der Waals surface area contributed by atoms with Crippen LogP contribution in [0.1, 0.15) is 6.42 Å². The lowest BCUT2D eigenvalue weighted by Gasteiger charge is -2.08. The Morgan fingerprint density at radius 3 is 2.44 bits per heavy atom. The van der Waals surface area contributed by atoms with Crippen LogP contribution in [-0.4, -0.2) is 18.9 Å². The zero-order valence-electron chi connectivity index (χ0n) is 8.25. The van der Waals surface area contributed by atoms with E-state index in [2.05, 4.69) is 10.1 Å². The van der Waals surface area contributed by atoms with Crippen molar-refractivity contribution in [3.05, 3.63) is 30.3 Å². The molecule has 6 heteroatoms. The minimum atomic E-state index is -4.31. The first kappa shape index (κ1) is 12.4. The van der Waals surface area contributed by atoms with Crippen LogP contribution in [0.2, 0.25) is 0 Å². The summed E-state index contributed by atoms with van der Waals surface area (Å²) in [6.45, 7) is -0.678. The molecule has 16 heavy (non-hydrogen) atoms. The number of carbonyl (C=O) groups is 1. The molecule has 0 aliphatic heterocycles. The topological polar surface area (TPSA) is 38.3 Å². The van der Waals surface area contributed by atoms with Gasteiger partial charge in [-0.15, -0.1) is 0 Å². The molecule has 0 radical (unpaired) electrons. The average Bonchev–Trinajstić information content (AvgIpc) is 2.17. The number of para-hydroxylation sites is 1. The summed E-state index contributed by atoms with van der Waals surface area (Å²) in [4.78, 5) is 11.0. The second kappa shape index (κ2) is 5.39. The molecule has 1 rings (SSSR count). The van der Waals surface area contributed by atoms with Gasteiger partial charge in [-0.2, -0.15) is 13.2 Å². The molecule has 1 N–H and O–H groups in total. The van der Waals surface area contributed by atoms with E-state index in [1.807, 2.05) is 0 Å². The summed E-state index contributed by atoms with van der Waals surface area (Å²) in [5, 5.41) is 2.30. The Hall–Kier alpha value is -1.72. The van der Waals surface area contributed by atoms with Crippen molar-refractivity contribution in [3.63, 3.8) is 0 Å². The molecule has 1 aromatic rings. The Balaban J connectivity index is 2.27. The summed E-state index contributed by atoms with van der Waals surface area (Å²) in [6, 6.07) is 8.33. The maximum atomic E-state index is 11.7. The third-order valence-corrected chi connectivity index (χ3v) is 1.64. The van der Waals surface area contributed by atoms with Crippen LogP contribution in [0, 0.1) is 0 Å².